The summed E-state index contributed by atoms with van der Waals surface area (Å²) in [6.07, 6.45) is 1.85. The fourth-order valence-corrected chi connectivity index (χ4v) is 3.48. The number of rotatable bonds is 5. The van der Waals surface area contributed by atoms with Crippen LogP contribution in [0.4, 0.5) is 25.0 Å². The Hall–Kier alpha value is -2.90. The minimum absolute atomic E-state index is 0.249. The summed E-state index contributed by atoms with van der Waals surface area (Å²) in [5, 5.41) is 2.89. The summed E-state index contributed by atoms with van der Waals surface area (Å²) in [5.74, 6) is -0.839. The molecule has 0 saturated carbocycles. The maximum Gasteiger partial charge on any atom is 0.322 e. The van der Waals surface area contributed by atoms with E-state index in [1.54, 1.807) is 4.90 Å². The Bertz CT molecular complexity index is 863. The average molecular weight is 404 g/mol. The number of carbonyl (C=O) groups excluding carboxylic acids is 1. The molecule has 1 saturated heterocycles. The molecule has 2 heterocycles. The number of halogens is 2. The molecule has 0 aliphatic carbocycles. The van der Waals surface area contributed by atoms with Crippen molar-refractivity contribution >= 4 is 17.4 Å². The second kappa shape index (κ2) is 9.07. The fourth-order valence-electron chi connectivity index (χ4n) is 3.48. The van der Waals surface area contributed by atoms with E-state index < -0.39 is 11.6 Å². The zero-order valence-electron chi connectivity index (χ0n) is 17.0. The Morgan fingerprint density at radius 1 is 1.14 bits per heavy atom. The number of aryl methyl sites for hydroxylation is 2. The van der Waals surface area contributed by atoms with Gasteiger partial charge in [0.05, 0.1) is 7.11 Å². The molecule has 0 spiro atoms. The van der Waals surface area contributed by atoms with Crippen molar-refractivity contribution in [3.05, 3.63) is 47.2 Å². The van der Waals surface area contributed by atoms with Gasteiger partial charge in [-0.1, -0.05) is 13.3 Å². The van der Waals surface area contributed by atoms with E-state index in [9.17, 15) is 13.6 Å². The number of pyridine rings is 1. The van der Waals surface area contributed by atoms with Gasteiger partial charge in [0.15, 0.2) is 0 Å². The molecule has 1 aromatic heterocycles. The number of nitrogens with zero attached hydrogens (tertiary/aromatic N) is 3. The normalized spacial score (nSPS) is 14.1. The highest BCUT2D eigenvalue weighted by Gasteiger charge is 2.23. The molecule has 0 unspecified atom stereocenters. The number of ether oxygens (including phenoxy) is 1. The van der Waals surface area contributed by atoms with Gasteiger partial charge in [-0.05, 0) is 37.1 Å². The highest BCUT2D eigenvalue weighted by Crippen LogP contribution is 2.26. The summed E-state index contributed by atoms with van der Waals surface area (Å²) in [4.78, 5) is 20.7. The van der Waals surface area contributed by atoms with Gasteiger partial charge in [0, 0.05) is 43.6 Å². The summed E-state index contributed by atoms with van der Waals surface area (Å²) < 4.78 is 32.2. The lowest BCUT2D eigenvalue weighted by molar-refractivity contribution is 0.208. The van der Waals surface area contributed by atoms with Crippen molar-refractivity contribution in [1.82, 2.24) is 9.88 Å². The summed E-state index contributed by atoms with van der Waals surface area (Å²) in [6.45, 7) is 5.86. The van der Waals surface area contributed by atoms with Crippen molar-refractivity contribution in [2.24, 2.45) is 0 Å². The molecule has 1 aromatic carbocycles. The number of benzene rings is 1. The summed E-state index contributed by atoms with van der Waals surface area (Å²) in [5.41, 5.74) is 2.98. The molecule has 0 radical (unpaired) electrons. The Balaban J connectivity index is 1.66. The number of aromatic nitrogens is 1. The number of anilines is 2. The first kappa shape index (κ1) is 20.8. The standard InChI is InChI=1S/C21H26F2N4O2/c1-4-5-15-10-19(20(29-3)24-14(15)2)25-21(28)27-8-6-26(7-9-27)18-12-16(22)11-17(23)13-18/h10-13H,4-9H2,1-3H3,(H,25,28). The zero-order chi connectivity index (χ0) is 21.0. The van der Waals surface area contributed by atoms with Gasteiger partial charge in [-0.3, -0.25) is 0 Å². The number of urea groups is 1. The summed E-state index contributed by atoms with van der Waals surface area (Å²) >= 11 is 0. The van der Waals surface area contributed by atoms with Gasteiger partial charge in [-0.25, -0.2) is 18.6 Å². The second-order valence-corrected chi connectivity index (χ2v) is 7.07. The average Bonchev–Trinajstić information content (AvgIpc) is 2.69. The van der Waals surface area contributed by atoms with E-state index in [1.165, 1.54) is 19.2 Å². The molecular formula is C21H26F2N4O2. The third-order valence-electron chi connectivity index (χ3n) is 5.02. The van der Waals surface area contributed by atoms with Crippen molar-refractivity contribution in [3.8, 4) is 5.88 Å². The number of hydrogen-bond acceptors (Lipinski definition) is 4. The number of nitrogens with one attached hydrogen (secondary N) is 1. The van der Waals surface area contributed by atoms with Crippen molar-refractivity contribution < 1.29 is 18.3 Å². The molecule has 1 aliphatic rings. The lowest BCUT2D eigenvalue weighted by Crippen LogP contribution is -2.50. The molecule has 0 atom stereocenters. The molecule has 1 N–H and O–H groups in total. The van der Waals surface area contributed by atoms with Crippen LogP contribution in [0.1, 0.15) is 24.6 Å². The first-order valence-electron chi connectivity index (χ1n) is 9.72. The zero-order valence-corrected chi connectivity index (χ0v) is 17.0. The van der Waals surface area contributed by atoms with Crippen LogP contribution in [-0.2, 0) is 6.42 Å². The molecule has 0 bridgehead atoms. The predicted molar refractivity (Wildman–Crippen MR) is 109 cm³/mol. The van der Waals surface area contributed by atoms with E-state index in [0.717, 1.165) is 30.2 Å². The van der Waals surface area contributed by atoms with Crippen LogP contribution in [0.2, 0.25) is 0 Å². The van der Waals surface area contributed by atoms with E-state index in [1.807, 2.05) is 17.9 Å². The Morgan fingerprint density at radius 3 is 2.38 bits per heavy atom. The molecule has 1 aliphatic heterocycles. The van der Waals surface area contributed by atoms with Gasteiger partial charge in [-0.15, -0.1) is 0 Å². The van der Waals surface area contributed by atoms with E-state index >= 15 is 0 Å². The highest BCUT2D eigenvalue weighted by atomic mass is 19.1. The van der Waals surface area contributed by atoms with Gasteiger partial charge in [0.1, 0.15) is 17.3 Å². The first-order valence-corrected chi connectivity index (χ1v) is 9.72. The van der Waals surface area contributed by atoms with Gasteiger partial charge in [0.25, 0.3) is 0 Å². The maximum atomic E-state index is 13.5. The molecule has 2 aromatic rings. The van der Waals surface area contributed by atoms with Crippen LogP contribution < -0.4 is 15.0 Å². The Morgan fingerprint density at radius 2 is 1.79 bits per heavy atom. The fraction of sp³-hybridized carbons (Fsp3) is 0.429. The third-order valence-corrected chi connectivity index (χ3v) is 5.02. The molecular weight excluding hydrogens is 378 g/mol. The van der Waals surface area contributed by atoms with Crippen LogP contribution in [0.15, 0.2) is 24.3 Å². The van der Waals surface area contributed by atoms with Gasteiger partial charge in [0.2, 0.25) is 5.88 Å². The van der Waals surface area contributed by atoms with E-state index in [4.69, 9.17) is 4.74 Å². The SMILES string of the molecule is CCCc1cc(NC(=O)N2CCN(c3cc(F)cc(F)c3)CC2)c(OC)nc1C. The highest BCUT2D eigenvalue weighted by molar-refractivity contribution is 5.91. The largest absolute Gasteiger partial charge is 0.480 e. The van der Waals surface area contributed by atoms with Crippen molar-refractivity contribution in [2.75, 3.05) is 43.5 Å². The van der Waals surface area contributed by atoms with Crippen LogP contribution in [0.25, 0.3) is 0 Å². The molecule has 29 heavy (non-hydrogen) atoms. The topological polar surface area (TPSA) is 57.7 Å². The summed E-state index contributed by atoms with van der Waals surface area (Å²) in [7, 11) is 1.52. The maximum absolute atomic E-state index is 13.5. The van der Waals surface area contributed by atoms with Crippen LogP contribution in [0, 0.1) is 18.6 Å². The minimum Gasteiger partial charge on any atom is -0.480 e. The van der Waals surface area contributed by atoms with E-state index in [-0.39, 0.29) is 6.03 Å². The Kier molecular flexibility index (Phi) is 6.51. The van der Waals surface area contributed by atoms with Gasteiger partial charge in [-0.2, -0.15) is 0 Å². The number of amides is 2. The predicted octanol–water partition coefficient (Wildman–Crippen LogP) is 3.98. The molecule has 156 valence electrons. The molecule has 2 amide bonds. The van der Waals surface area contributed by atoms with Crippen LogP contribution >= 0.6 is 0 Å². The lowest BCUT2D eigenvalue weighted by atomic mass is 10.1. The van der Waals surface area contributed by atoms with E-state index in [0.29, 0.717) is 43.4 Å². The molecule has 8 heteroatoms. The molecule has 1 fully saturated rings. The lowest BCUT2D eigenvalue weighted by Gasteiger charge is -2.36. The second-order valence-electron chi connectivity index (χ2n) is 7.07. The van der Waals surface area contributed by atoms with Crippen molar-refractivity contribution in [3.63, 3.8) is 0 Å². The monoisotopic (exact) mass is 404 g/mol. The van der Waals surface area contributed by atoms with Crippen LogP contribution in [0.3, 0.4) is 0 Å². The number of methoxy groups -OCH3 is 1. The van der Waals surface area contributed by atoms with Crippen LogP contribution in [0.5, 0.6) is 5.88 Å². The van der Waals surface area contributed by atoms with Gasteiger partial charge >= 0.3 is 6.03 Å². The van der Waals surface area contributed by atoms with Crippen molar-refractivity contribution in [1.29, 1.82) is 0 Å². The smallest absolute Gasteiger partial charge is 0.322 e. The summed E-state index contributed by atoms with van der Waals surface area (Å²) in [6, 6.07) is 5.12. The van der Waals surface area contributed by atoms with E-state index in [2.05, 4.69) is 17.2 Å². The molecule has 6 nitrogen and oxygen atoms in total. The number of hydrogen-bond donors (Lipinski definition) is 1. The first-order chi connectivity index (χ1) is 13.9. The minimum atomic E-state index is -0.609. The van der Waals surface area contributed by atoms with Crippen molar-refractivity contribution in [2.45, 2.75) is 26.7 Å². The quantitative estimate of drug-likeness (QED) is 0.819. The van der Waals surface area contributed by atoms with Crippen LogP contribution in [-0.4, -0.2) is 49.2 Å². The Labute approximate surface area is 169 Å². The number of carbonyl (C=O) groups is 1. The number of piperazine rings is 1. The van der Waals surface area contributed by atoms with Gasteiger partial charge < -0.3 is 19.9 Å². The molecule has 3 rings (SSSR count). The third kappa shape index (κ3) is 4.93.